The molecule has 1 aromatic rings. The van der Waals surface area contributed by atoms with Crippen LogP contribution in [0.2, 0.25) is 0 Å². The number of rotatable bonds is 8. The van der Waals surface area contributed by atoms with E-state index in [0.717, 1.165) is 45.8 Å². The summed E-state index contributed by atoms with van der Waals surface area (Å²) in [5.41, 5.74) is 0.792. The number of nitrogens with one attached hydrogen (secondary N) is 2. The number of nitrogens with zero attached hydrogens (tertiary/aromatic N) is 3. The van der Waals surface area contributed by atoms with Crippen LogP contribution in [-0.4, -0.2) is 56.3 Å². The highest BCUT2D eigenvalue weighted by molar-refractivity contribution is 5.79. The maximum Gasteiger partial charge on any atom is 0.191 e. The van der Waals surface area contributed by atoms with Crippen LogP contribution in [0.25, 0.3) is 0 Å². The Morgan fingerprint density at radius 3 is 2.68 bits per heavy atom. The van der Waals surface area contributed by atoms with Crippen LogP contribution in [0.15, 0.2) is 23.2 Å². The highest BCUT2D eigenvalue weighted by Crippen LogP contribution is 2.13. The van der Waals surface area contributed by atoms with Crippen molar-refractivity contribution < 1.29 is 9.13 Å². The third-order valence-corrected chi connectivity index (χ3v) is 4.74. The molecule has 0 aliphatic carbocycles. The predicted octanol–water partition coefficient (Wildman–Crippen LogP) is 2.50. The van der Waals surface area contributed by atoms with Crippen molar-refractivity contribution in [3.05, 3.63) is 35.1 Å². The zero-order valence-electron chi connectivity index (χ0n) is 17.2. The van der Waals surface area contributed by atoms with E-state index in [1.54, 1.807) is 12.1 Å². The average Bonchev–Trinajstić information content (AvgIpc) is 2.70. The lowest BCUT2D eigenvalue weighted by molar-refractivity contribution is 0.0132. The molecule has 1 aliphatic heterocycles. The lowest BCUT2D eigenvalue weighted by Crippen LogP contribution is -2.51. The topological polar surface area (TPSA) is 72.7 Å². The van der Waals surface area contributed by atoms with E-state index in [9.17, 15) is 4.39 Å². The first-order chi connectivity index (χ1) is 13.5. The van der Waals surface area contributed by atoms with Crippen molar-refractivity contribution in [3.8, 4) is 6.07 Å². The van der Waals surface area contributed by atoms with Gasteiger partial charge in [0.15, 0.2) is 5.96 Å². The van der Waals surface area contributed by atoms with Crippen molar-refractivity contribution in [2.75, 3.05) is 39.4 Å². The van der Waals surface area contributed by atoms with Gasteiger partial charge < -0.3 is 15.4 Å². The van der Waals surface area contributed by atoms with Gasteiger partial charge in [0.25, 0.3) is 0 Å². The molecule has 6 nitrogen and oxygen atoms in total. The van der Waals surface area contributed by atoms with E-state index in [1.165, 1.54) is 6.07 Å². The number of guanidine groups is 1. The molecule has 1 fully saturated rings. The average molecular weight is 390 g/mol. The van der Waals surface area contributed by atoms with E-state index in [2.05, 4.69) is 34.4 Å². The molecular formula is C21H32FN5O. The molecule has 0 aromatic heterocycles. The first-order valence-corrected chi connectivity index (χ1v) is 10.1. The molecule has 1 heterocycles. The summed E-state index contributed by atoms with van der Waals surface area (Å²) in [5, 5.41) is 15.5. The highest BCUT2D eigenvalue weighted by atomic mass is 19.1. The molecule has 154 valence electrons. The van der Waals surface area contributed by atoms with Gasteiger partial charge in [-0.2, -0.15) is 5.26 Å². The summed E-state index contributed by atoms with van der Waals surface area (Å²) in [7, 11) is 0. The Morgan fingerprint density at radius 1 is 1.32 bits per heavy atom. The molecule has 1 saturated heterocycles. The molecule has 1 aliphatic rings. The summed E-state index contributed by atoms with van der Waals surface area (Å²) in [4.78, 5) is 7.00. The van der Waals surface area contributed by atoms with Gasteiger partial charge in [-0.25, -0.2) is 9.38 Å². The monoisotopic (exact) mass is 389 g/mol. The number of nitriles is 1. The van der Waals surface area contributed by atoms with Gasteiger partial charge in [0.2, 0.25) is 0 Å². The van der Waals surface area contributed by atoms with Crippen LogP contribution in [0.1, 0.15) is 38.3 Å². The smallest absolute Gasteiger partial charge is 0.191 e. The fourth-order valence-corrected chi connectivity index (χ4v) is 3.31. The summed E-state index contributed by atoms with van der Waals surface area (Å²) in [6, 6.07) is 6.84. The maximum absolute atomic E-state index is 14.1. The van der Waals surface area contributed by atoms with Crippen LogP contribution < -0.4 is 10.6 Å². The Balaban J connectivity index is 2.01. The molecule has 1 unspecified atom stereocenters. The Bertz CT molecular complexity index is 680. The Labute approximate surface area is 167 Å². The zero-order valence-corrected chi connectivity index (χ0v) is 17.2. The number of morpholine rings is 1. The van der Waals surface area contributed by atoms with Gasteiger partial charge in [0.1, 0.15) is 5.82 Å². The van der Waals surface area contributed by atoms with Gasteiger partial charge in [-0.05, 0) is 31.4 Å². The van der Waals surface area contributed by atoms with E-state index >= 15 is 0 Å². The zero-order chi connectivity index (χ0) is 20.4. The van der Waals surface area contributed by atoms with Crippen LogP contribution in [0.5, 0.6) is 0 Å². The molecule has 2 N–H and O–H groups in total. The van der Waals surface area contributed by atoms with Crippen molar-refractivity contribution >= 4 is 5.96 Å². The molecule has 7 heteroatoms. The van der Waals surface area contributed by atoms with Gasteiger partial charge in [-0.15, -0.1) is 0 Å². The van der Waals surface area contributed by atoms with Gasteiger partial charge >= 0.3 is 0 Å². The van der Waals surface area contributed by atoms with Crippen molar-refractivity contribution in [3.63, 3.8) is 0 Å². The molecule has 0 amide bonds. The normalized spacial score (nSPS) is 16.6. The summed E-state index contributed by atoms with van der Waals surface area (Å²) in [6.45, 7) is 11.7. The van der Waals surface area contributed by atoms with E-state index < -0.39 is 5.82 Å². The van der Waals surface area contributed by atoms with E-state index in [-0.39, 0.29) is 6.54 Å². The van der Waals surface area contributed by atoms with Gasteiger partial charge in [0, 0.05) is 37.8 Å². The van der Waals surface area contributed by atoms with Crippen molar-refractivity contribution in [2.45, 2.75) is 39.8 Å². The molecule has 0 bridgehead atoms. The standard InChI is InChI=1S/C21H32FN5O/c1-4-24-21(25-14-18-6-5-17(13-23)12-20(18)22)26-15-19(11-16(2)3)27-7-9-28-10-8-27/h5-6,12,16,19H,4,7-11,14-15H2,1-3H3,(H2,24,25,26). The molecule has 28 heavy (non-hydrogen) atoms. The van der Waals surface area contributed by atoms with Gasteiger partial charge in [0.05, 0.1) is 31.4 Å². The predicted molar refractivity (Wildman–Crippen MR) is 110 cm³/mol. The first kappa shape index (κ1) is 22.1. The van der Waals surface area contributed by atoms with Crippen LogP contribution >= 0.6 is 0 Å². The SMILES string of the molecule is CCNC(=NCc1ccc(C#N)cc1F)NCC(CC(C)C)N1CCOCC1. The van der Waals surface area contributed by atoms with E-state index in [0.29, 0.717) is 29.0 Å². The van der Waals surface area contributed by atoms with Crippen molar-refractivity contribution in [2.24, 2.45) is 10.9 Å². The quantitative estimate of drug-likeness (QED) is 0.528. The molecule has 0 spiro atoms. The summed E-state index contributed by atoms with van der Waals surface area (Å²) in [6.07, 6.45) is 1.09. The number of hydrogen-bond acceptors (Lipinski definition) is 4. The van der Waals surface area contributed by atoms with Crippen LogP contribution in [0.4, 0.5) is 4.39 Å². The molecule has 0 saturated carbocycles. The van der Waals surface area contributed by atoms with Crippen molar-refractivity contribution in [1.82, 2.24) is 15.5 Å². The van der Waals surface area contributed by atoms with E-state index in [4.69, 9.17) is 10.00 Å². The summed E-state index contributed by atoms with van der Waals surface area (Å²) in [5.74, 6) is 0.875. The highest BCUT2D eigenvalue weighted by Gasteiger charge is 2.22. The van der Waals surface area contributed by atoms with Crippen LogP contribution in [-0.2, 0) is 11.3 Å². The Hall–Kier alpha value is -2.17. The molecule has 2 rings (SSSR count). The minimum Gasteiger partial charge on any atom is -0.379 e. The Morgan fingerprint density at radius 2 is 2.07 bits per heavy atom. The van der Waals surface area contributed by atoms with Gasteiger partial charge in [-0.1, -0.05) is 19.9 Å². The third kappa shape index (κ3) is 7.10. The molecular weight excluding hydrogens is 357 g/mol. The number of halogens is 1. The largest absolute Gasteiger partial charge is 0.379 e. The Kier molecular flexibility index (Phi) is 9.18. The number of ether oxygens (including phenoxy) is 1. The van der Waals surface area contributed by atoms with E-state index in [1.807, 2.05) is 13.0 Å². The van der Waals surface area contributed by atoms with Crippen molar-refractivity contribution in [1.29, 1.82) is 5.26 Å². The summed E-state index contributed by atoms with van der Waals surface area (Å²) < 4.78 is 19.6. The fourth-order valence-electron chi connectivity index (χ4n) is 3.31. The minimum absolute atomic E-state index is 0.222. The first-order valence-electron chi connectivity index (χ1n) is 10.1. The third-order valence-electron chi connectivity index (χ3n) is 4.74. The second-order valence-electron chi connectivity index (χ2n) is 7.43. The second kappa shape index (κ2) is 11.6. The molecule has 1 atom stereocenters. The number of hydrogen-bond donors (Lipinski definition) is 2. The fraction of sp³-hybridized carbons (Fsp3) is 0.619. The van der Waals surface area contributed by atoms with Gasteiger partial charge in [-0.3, -0.25) is 4.90 Å². The minimum atomic E-state index is -0.398. The molecule has 1 aromatic carbocycles. The number of aliphatic imine (C=N–C) groups is 1. The second-order valence-corrected chi connectivity index (χ2v) is 7.43. The number of benzene rings is 1. The lowest BCUT2D eigenvalue weighted by Gasteiger charge is -2.35. The lowest BCUT2D eigenvalue weighted by atomic mass is 10.0. The van der Waals surface area contributed by atoms with Crippen LogP contribution in [0.3, 0.4) is 0 Å². The van der Waals surface area contributed by atoms with Crippen LogP contribution in [0, 0.1) is 23.1 Å². The molecule has 0 radical (unpaired) electrons. The summed E-state index contributed by atoms with van der Waals surface area (Å²) >= 11 is 0. The maximum atomic E-state index is 14.1.